The van der Waals surface area contributed by atoms with Gasteiger partial charge in [0, 0.05) is 5.56 Å². The van der Waals surface area contributed by atoms with Gasteiger partial charge in [-0.1, -0.05) is 65.7 Å². The zero-order chi connectivity index (χ0) is 25.3. The zero-order valence-corrected chi connectivity index (χ0v) is 19.9. The van der Waals surface area contributed by atoms with Crippen molar-refractivity contribution in [1.82, 2.24) is 5.16 Å². The molecule has 1 unspecified atom stereocenters. The van der Waals surface area contributed by atoms with Gasteiger partial charge < -0.3 is 14.4 Å². The molecule has 0 spiro atoms. The molecule has 1 aliphatic carbocycles. The summed E-state index contributed by atoms with van der Waals surface area (Å²) in [6.45, 7) is 3.48. The molecule has 1 fully saturated rings. The Labute approximate surface area is 208 Å². The van der Waals surface area contributed by atoms with E-state index in [2.05, 4.69) is 22.3 Å². The number of fused-ring (bicyclic) bond motifs is 1. The third-order valence-corrected chi connectivity index (χ3v) is 6.52. The second-order valence-corrected chi connectivity index (χ2v) is 8.96. The maximum absolute atomic E-state index is 12.5. The molecule has 7 heteroatoms. The summed E-state index contributed by atoms with van der Waals surface area (Å²) in [5.74, 6) is 5.68. The third kappa shape index (κ3) is 4.53. The van der Waals surface area contributed by atoms with Gasteiger partial charge in [0.2, 0.25) is 0 Å². The summed E-state index contributed by atoms with van der Waals surface area (Å²) in [5, 5.41) is 18.1. The predicted octanol–water partition coefficient (Wildman–Crippen LogP) is 5.96. The number of carboxylic acids is 1. The Bertz CT molecular complexity index is 1520. The molecule has 4 aromatic rings. The molecule has 2 N–H and O–H groups in total. The molecule has 0 radical (unpaired) electrons. The van der Waals surface area contributed by atoms with E-state index >= 15 is 0 Å². The van der Waals surface area contributed by atoms with Gasteiger partial charge in [0.05, 0.1) is 5.41 Å². The highest BCUT2D eigenvalue weighted by Gasteiger charge is 2.51. The van der Waals surface area contributed by atoms with Crippen LogP contribution >= 0.6 is 0 Å². The van der Waals surface area contributed by atoms with Crippen molar-refractivity contribution < 1.29 is 24.0 Å². The highest BCUT2D eigenvalue weighted by molar-refractivity contribution is 5.90. The fraction of sp³-hybridized carbons (Fsp3) is 0.207. The molecule has 1 heterocycles. The van der Waals surface area contributed by atoms with Crippen LogP contribution in [0.15, 0.2) is 71.3 Å². The molecule has 0 aliphatic heterocycles. The van der Waals surface area contributed by atoms with Gasteiger partial charge in [-0.05, 0) is 66.6 Å². The molecule has 1 amide bonds. The minimum absolute atomic E-state index is 0.296. The monoisotopic (exact) mass is 480 g/mol. The van der Waals surface area contributed by atoms with Crippen LogP contribution in [0.5, 0.6) is 0 Å². The molecule has 0 saturated heterocycles. The highest BCUT2D eigenvalue weighted by Crippen LogP contribution is 2.48. The molecule has 1 aliphatic rings. The van der Waals surface area contributed by atoms with Crippen LogP contribution in [-0.4, -0.2) is 22.3 Å². The van der Waals surface area contributed by atoms with E-state index in [1.54, 1.807) is 13.8 Å². The van der Waals surface area contributed by atoms with Crippen molar-refractivity contribution in [3.63, 3.8) is 0 Å². The number of hydrogen-bond acceptors (Lipinski definition) is 5. The summed E-state index contributed by atoms with van der Waals surface area (Å²) in [6.07, 6.45) is 0.286. The molecule has 5 rings (SSSR count). The number of ether oxygens (including phenoxy) is 1. The largest absolute Gasteiger partial charge is 0.481 e. The average molecular weight is 481 g/mol. The number of nitrogens with one attached hydrogen (secondary N) is 1. The number of aryl methyl sites for hydroxylation is 1. The van der Waals surface area contributed by atoms with E-state index in [1.165, 1.54) is 0 Å². The van der Waals surface area contributed by atoms with Crippen molar-refractivity contribution in [3.8, 4) is 11.8 Å². The average Bonchev–Trinajstić information content (AvgIpc) is 3.63. The van der Waals surface area contributed by atoms with E-state index in [0.717, 1.165) is 27.5 Å². The SMILES string of the molecule is Cc1onc(C#Cc2ccc3cc(C4(C(=O)O)CC4)ccc3c2)c1NC(=O)OC(C)c1ccccc1. The topological polar surface area (TPSA) is 102 Å². The van der Waals surface area contributed by atoms with Crippen molar-refractivity contribution in [2.45, 2.75) is 38.2 Å². The van der Waals surface area contributed by atoms with E-state index in [1.807, 2.05) is 66.7 Å². The van der Waals surface area contributed by atoms with E-state index in [0.29, 0.717) is 30.0 Å². The molecule has 36 heavy (non-hydrogen) atoms. The van der Waals surface area contributed by atoms with Crippen molar-refractivity contribution in [2.24, 2.45) is 0 Å². The van der Waals surface area contributed by atoms with Gasteiger partial charge in [0.1, 0.15) is 11.8 Å². The van der Waals surface area contributed by atoms with Crippen molar-refractivity contribution in [1.29, 1.82) is 0 Å². The number of aromatic nitrogens is 1. The number of benzene rings is 3. The van der Waals surface area contributed by atoms with Crippen LogP contribution in [0, 0.1) is 18.8 Å². The van der Waals surface area contributed by atoms with Gasteiger partial charge in [0.15, 0.2) is 11.5 Å². The maximum Gasteiger partial charge on any atom is 0.412 e. The van der Waals surface area contributed by atoms with Crippen LogP contribution in [0.4, 0.5) is 10.5 Å². The van der Waals surface area contributed by atoms with Crippen LogP contribution < -0.4 is 5.32 Å². The van der Waals surface area contributed by atoms with Gasteiger partial charge in [-0.25, -0.2) is 4.79 Å². The molecule has 0 bridgehead atoms. The number of anilines is 1. The number of carboxylic acid groups (broad SMARTS) is 1. The van der Waals surface area contributed by atoms with Gasteiger partial charge in [0.25, 0.3) is 0 Å². The number of amides is 1. The maximum atomic E-state index is 12.5. The lowest BCUT2D eigenvalue weighted by atomic mass is 9.93. The first-order chi connectivity index (χ1) is 17.4. The Balaban J connectivity index is 1.32. The number of hydrogen-bond donors (Lipinski definition) is 2. The fourth-order valence-electron chi connectivity index (χ4n) is 4.19. The fourth-order valence-corrected chi connectivity index (χ4v) is 4.19. The Hall–Kier alpha value is -4.57. The van der Waals surface area contributed by atoms with Crippen molar-refractivity contribution >= 4 is 28.5 Å². The quantitative estimate of drug-likeness (QED) is 0.342. The van der Waals surface area contributed by atoms with E-state index in [-0.39, 0.29) is 0 Å². The summed E-state index contributed by atoms with van der Waals surface area (Å²) in [5.41, 5.74) is 2.39. The van der Waals surface area contributed by atoms with Crippen LogP contribution in [0.2, 0.25) is 0 Å². The molecule has 3 aromatic carbocycles. The van der Waals surface area contributed by atoms with E-state index < -0.39 is 23.6 Å². The second-order valence-electron chi connectivity index (χ2n) is 8.96. The van der Waals surface area contributed by atoms with Gasteiger partial charge in [-0.15, -0.1) is 0 Å². The first-order valence-corrected chi connectivity index (χ1v) is 11.6. The Morgan fingerprint density at radius 3 is 2.50 bits per heavy atom. The molecular weight excluding hydrogens is 456 g/mol. The molecule has 7 nitrogen and oxygen atoms in total. The van der Waals surface area contributed by atoms with E-state index in [9.17, 15) is 14.7 Å². The Morgan fingerprint density at radius 1 is 1.06 bits per heavy atom. The van der Waals surface area contributed by atoms with Gasteiger partial charge in [-0.3, -0.25) is 10.1 Å². The second kappa shape index (κ2) is 9.23. The molecular formula is C29H24N2O5. The highest BCUT2D eigenvalue weighted by atomic mass is 16.6. The van der Waals surface area contributed by atoms with Gasteiger partial charge >= 0.3 is 12.1 Å². The molecule has 180 valence electrons. The van der Waals surface area contributed by atoms with Crippen molar-refractivity contribution in [3.05, 3.63) is 94.9 Å². The first-order valence-electron chi connectivity index (χ1n) is 11.6. The lowest BCUT2D eigenvalue weighted by Gasteiger charge is -2.13. The minimum atomic E-state index is -0.768. The third-order valence-electron chi connectivity index (χ3n) is 6.52. The van der Waals surface area contributed by atoms with Crippen LogP contribution in [0.3, 0.4) is 0 Å². The number of aliphatic carboxylic acids is 1. The zero-order valence-electron chi connectivity index (χ0n) is 19.9. The summed E-state index contributed by atoms with van der Waals surface area (Å²) in [4.78, 5) is 24.1. The number of nitrogens with zero attached hydrogens (tertiary/aromatic N) is 1. The lowest BCUT2D eigenvalue weighted by Crippen LogP contribution is -2.19. The number of carbonyl (C=O) groups is 2. The number of rotatable bonds is 5. The molecule has 1 saturated carbocycles. The standard InChI is InChI=1S/C29H24N2O5/c1-18(21-6-4-3-5-7-21)35-28(34)30-26-19(2)36-31-25(26)13-9-20-8-10-23-17-24(12-11-22(23)16-20)29(14-15-29)27(32)33/h3-8,10-12,16-18H,14-15H2,1-2H3,(H,30,34)(H,32,33). The van der Waals surface area contributed by atoms with Crippen LogP contribution in [-0.2, 0) is 14.9 Å². The van der Waals surface area contributed by atoms with Crippen LogP contribution in [0.25, 0.3) is 10.8 Å². The lowest BCUT2D eigenvalue weighted by molar-refractivity contribution is -0.140. The van der Waals surface area contributed by atoms with E-state index in [4.69, 9.17) is 9.26 Å². The molecule has 1 aromatic heterocycles. The summed E-state index contributed by atoms with van der Waals surface area (Å²) >= 11 is 0. The minimum Gasteiger partial charge on any atom is -0.481 e. The van der Waals surface area contributed by atoms with Crippen molar-refractivity contribution in [2.75, 3.05) is 5.32 Å². The Morgan fingerprint density at radius 2 is 1.78 bits per heavy atom. The molecule has 1 atom stereocenters. The summed E-state index contributed by atoms with van der Waals surface area (Å²) in [6, 6.07) is 20.9. The predicted molar refractivity (Wildman–Crippen MR) is 135 cm³/mol. The normalized spacial score (nSPS) is 14.4. The number of carbonyl (C=O) groups excluding carboxylic acids is 1. The van der Waals surface area contributed by atoms with Crippen LogP contribution in [0.1, 0.15) is 54.0 Å². The first kappa shape index (κ1) is 23.2. The summed E-state index contributed by atoms with van der Waals surface area (Å²) in [7, 11) is 0. The summed E-state index contributed by atoms with van der Waals surface area (Å²) < 4.78 is 10.7. The smallest absolute Gasteiger partial charge is 0.412 e. The Kier molecular flexibility index (Phi) is 5.95. The van der Waals surface area contributed by atoms with Gasteiger partial charge in [-0.2, -0.15) is 0 Å².